The third kappa shape index (κ3) is 2.87. The third-order valence-electron chi connectivity index (χ3n) is 2.56. The number of carboxylic acids is 1. The largest absolute Gasteiger partial charge is 0.478 e. The summed E-state index contributed by atoms with van der Waals surface area (Å²) in [5.41, 5.74) is 1.12. The maximum Gasteiger partial charge on any atom is 0.337 e. The van der Waals surface area contributed by atoms with E-state index in [0.29, 0.717) is 15.9 Å². The number of pyridine rings is 1. The fourth-order valence-corrected chi connectivity index (χ4v) is 1.81. The van der Waals surface area contributed by atoms with E-state index in [4.69, 9.17) is 5.11 Å². The highest BCUT2D eigenvalue weighted by molar-refractivity contribution is 9.10. The summed E-state index contributed by atoms with van der Waals surface area (Å²) >= 11 is 3.18. The summed E-state index contributed by atoms with van der Waals surface area (Å²) in [7, 11) is 0. The number of nitrogens with zero attached hydrogens (tertiary/aromatic N) is 3. The SMILES string of the molecule is Cc1ncn(Cc2ccc(C(=O)O)cn2)c(=O)c1Br. The number of carboxylic acid groups (broad SMARTS) is 1. The zero-order valence-electron chi connectivity index (χ0n) is 10.00. The molecule has 0 aliphatic heterocycles. The van der Waals surface area contributed by atoms with E-state index in [1.165, 1.54) is 23.2 Å². The van der Waals surface area contributed by atoms with E-state index in [2.05, 4.69) is 25.9 Å². The smallest absolute Gasteiger partial charge is 0.337 e. The molecule has 0 fully saturated rings. The summed E-state index contributed by atoms with van der Waals surface area (Å²) in [6.07, 6.45) is 2.70. The molecule has 6 nitrogen and oxygen atoms in total. The molecule has 19 heavy (non-hydrogen) atoms. The first-order chi connectivity index (χ1) is 8.99. The summed E-state index contributed by atoms with van der Waals surface area (Å²) in [4.78, 5) is 30.7. The van der Waals surface area contributed by atoms with Crippen LogP contribution in [0.1, 0.15) is 21.7 Å². The molecule has 0 aromatic carbocycles. The predicted octanol–water partition coefficient (Wildman–Crippen LogP) is 1.46. The predicted molar refractivity (Wildman–Crippen MR) is 71.2 cm³/mol. The van der Waals surface area contributed by atoms with Gasteiger partial charge in [0.15, 0.2) is 0 Å². The van der Waals surface area contributed by atoms with Gasteiger partial charge < -0.3 is 5.11 Å². The minimum absolute atomic E-state index is 0.110. The van der Waals surface area contributed by atoms with Gasteiger partial charge in [0, 0.05) is 6.20 Å². The molecule has 0 amide bonds. The van der Waals surface area contributed by atoms with Crippen LogP contribution in [0.15, 0.2) is 33.9 Å². The molecule has 0 aliphatic carbocycles. The number of carbonyl (C=O) groups is 1. The third-order valence-corrected chi connectivity index (χ3v) is 3.47. The van der Waals surface area contributed by atoms with Gasteiger partial charge in [0.25, 0.3) is 5.56 Å². The van der Waals surface area contributed by atoms with Gasteiger partial charge in [-0.25, -0.2) is 9.78 Å². The number of halogens is 1. The van der Waals surface area contributed by atoms with Gasteiger partial charge in [-0.2, -0.15) is 0 Å². The average molecular weight is 324 g/mol. The van der Waals surface area contributed by atoms with Gasteiger partial charge in [-0.1, -0.05) is 0 Å². The Hall–Kier alpha value is -2.02. The van der Waals surface area contributed by atoms with E-state index in [1.807, 2.05) is 0 Å². The zero-order valence-corrected chi connectivity index (χ0v) is 11.6. The van der Waals surface area contributed by atoms with Gasteiger partial charge in [0.05, 0.1) is 29.8 Å². The van der Waals surface area contributed by atoms with Crippen molar-refractivity contribution in [2.45, 2.75) is 13.5 Å². The Bertz CT molecular complexity index is 680. The topological polar surface area (TPSA) is 85.1 Å². The molecule has 0 bridgehead atoms. The molecule has 98 valence electrons. The van der Waals surface area contributed by atoms with E-state index >= 15 is 0 Å². The van der Waals surface area contributed by atoms with Crippen molar-refractivity contribution in [1.82, 2.24) is 14.5 Å². The maximum atomic E-state index is 11.9. The minimum atomic E-state index is -1.03. The van der Waals surface area contributed by atoms with Crippen LogP contribution in [0.4, 0.5) is 0 Å². The summed E-state index contributed by atoms with van der Waals surface area (Å²) in [6, 6.07) is 3.02. The molecule has 2 aromatic heterocycles. The van der Waals surface area contributed by atoms with Crippen LogP contribution in [0.5, 0.6) is 0 Å². The first-order valence-corrected chi connectivity index (χ1v) is 6.18. The van der Waals surface area contributed by atoms with Gasteiger partial charge in [0.2, 0.25) is 0 Å². The standard InChI is InChI=1S/C12H10BrN3O3/c1-7-10(13)11(17)16(6-15-7)5-9-3-2-8(4-14-9)12(18)19/h2-4,6H,5H2,1H3,(H,18,19). The summed E-state index contributed by atoms with van der Waals surface area (Å²) < 4.78 is 1.82. The van der Waals surface area contributed by atoms with Crippen molar-refractivity contribution < 1.29 is 9.90 Å². The van der Waals surface area contributed by atoms with Crippen LogP contribution in [0.2, 0.25) is 0 Å². The number of hydrogen-bond acceptors (Lipinski definition) is 4. The first-order valence-electron chi connectivity index (χ1n) is 5.39. The lowest BCUT2D eigenvalue weighted by atomic mass is 10.2. The maximum absolute atomic E-state index is 11.9. The van der Waals surface area contributed by atoms with Crippen molar-refractivity contribution >= 4 is 21.9 Å². The van der Waals surface area contributed by atoms with Crippen LogP contribution in [0.3, 0.4) is 0 Å². The minimum Gasteiger partial charge on any atom is -0.478 e. The van der Waals surface area contributed by atoms with E-state index in [0.717, 1.165) is 0 Å². The van der Waals surface area contributed by atoms with Crippen LogP contribution in [-0.4, -0.2) is 25.6 Å². The van der Waals surface area contributed by atoms with Crippen molar-refractivity contribution in [2.75, 3.05) is 0 Å². The number of hydrogen-bond donors (Lipinski definition) is 1. The number of aromatic nitrogens is 3. The quantitative estimate of drug-likeness (QED) is 0.924. The average Bonchev–Trinajstić information content (AvgIpc) is 2.40. The van der Waals surface area contributed by atoms with E-state index in [-0.39, 0.29) is 17.7 Å². The fraction of sp³-hybridized carbons (Fsp3) is 0.167. The lowest BCUT2D eigenvalue weighted by Gasteiger charge is -2.06. The monoisotopic (exact) mass is 323 g/mol. The van der Waals surface area contributed by atoms with E-state index in [9.17, 15) is 9.59 Å². The fourth-order valence-electron chi connectivity index (χ4n) is 1.48. The zero-order chi connectivity index (χ0) is 14.0. The lowest BCUT2D eigenvalue weighted by molar-refractivity contribution is 0.0696. The molecular weight excluding hydrogens is 314 g/mol. The van der Waals surface area contributed by atoms with Crippen molar-refractivity contribution in [2.24, 2.45) is 0 Å². The Balaban J connectivity index is 2.29. The van der Waals surface area contributed by atoms with Crippen LogP contribution in [0.25, 0.3) is 0 Å². The highest BCUT2D eigenvalue weighted by atomic mass is 79.9. The molecule has 1 N–H and O–H groups in total. The number of aryl methyl sites for hydroxylation is 1. The number of rotatable bonds is 3. The molecule has 0 radical (unpaired) electrons. The van der Waals surface area contributed by atoms with E-state index in [1.54, 1.807) is 13.0 Å². The van der Waals surface area contributed by atoms with Crippen molar-refractivity contribution in [1.29, 1.82) is 0 Å². The van der Waals surface area contributed by atoms with Crippen molar-refractivity contribution in [3.05, 3.63) is 56.4 Å². The van der Waals surface area contributed by atoms with E-state index < -0.39 is 5.97 Å². The second kappa shape index (κ2) is 5.31. The van der Waals surface area contributed by atoms with Crippen LogP contribution in [-0.2, 0) is 6.54 Å². The first kappa shape index (κ1) is 13.4. The van der Waals surface area contributed by atoms with Gasteiger partial charge in [-0.05, 0) is 35.0 Å². The van der Waals surface area contributed by atoms with Crippen molar-refractivity contribution in [3.63, 3.8) is 0 Å². The Kier molecular flexibility index (Phi) is 3.75. The van der Waals surface area contributed by atoms with Gasteiger partial charge >= 0.3 is 5.97 Å². The van der Waals surface area contributed by atoms with Gasteiger partial charge in [0.1, 0.15) is 4.47 Å². The molecule has 0 saturated heterocycles. The van der Waals surface area contributed by atoms with Crippen LogP contribution >= 0.6 is 15.9 Å². The Morgan fingerprint density at radius 2 is 2.16 bits per heavy atom. The molecule has 0 saturated carbocycles. The molecule has 2 rings (SSSR count). The summed E-state index contributed by atoms with van der Waals surface area (Å²) in [6.45, 7) is 1.97. The molecule has 0 atom stereocenters. The molecule has 7 heteroatoms. The molecule has 2 aromatic rings. The summed E-state index contributed by atoms with van der Waals surface area (Å²) in [5, 5.41) is 8.77. The molecule has 0 aliphatic rings. The number of aromatic carboxylic acids is 1. The van der Waals surface area contributed by atoms with Gasteiger partial charge in [-0.3, -0.25) is 14.3 Å². The normalized spacial score (nSPS) is 10.4. The molecule has 0 unspecified atom stereocenters. The molecular formula is C12H10BrN3O3. The molecule has 0 spiro atoms. The highest BCUT2D eigenvalue weighted by Crippen LogP contribution is 2.07. The van der Waals surface area contributed by atoms with Gasteiger partial charge in [-0.15, -0.1) is 0 Å². The Morgan fingerprint density at radius 1 is 1.42 bits per heavy atom. The van der Waals surface area contributed by atoms with Crippen LogP contribution < -0.4 is 5.56 Å². The second-order valence-corrected chi connectivity index (χ2v) is 4.71. The van der Waals surface area contributed by atoms with Crippen LogP contribution in [0, 0.1) is 6.92 Å². The Morgan fingerprint density at radius 3 is 2.74 bits per heavy atom. The second-order valence-electron chi connectivity index (χ2n) is 3.92. The highest BCUT2D eigenvalue weighted by Gasteiger charge is 2.07. The molecule has 2 heterocycles. The van der Waals surface area contributed by atoms with Crippen molar-refractivity contribution in [3.8, 4) is 0 Å². The lowest BCUT2D eigenvalue weighted by Crippen LogP contribution is -2.23. The summed E-state index contributed by atoms with van der Waals surface area (Å²) in [5.74, 6) is -1.03. The Labute approximate surface area is 116 Å².